The van der Waals surface area contributed by atoms with E-state index in [1.54, 1.807) is 57.8 Å². The first-order valence-corrected chi connectivity index (χ1v) is 15.1. The average Bonchev–Trinajstić information content (AvgIpc) is 3.40. The van der Waals surface area contributed by atoms with Gasteiger partial charge in [0.15, 0.2) is 5.65 Å². The van der Waals surface area contributed by atoms with Gasteiger partial charge in [0.05, 0.1) is 17.9 Å². The van der Waals surface area contributed by atoms with Gasteiger partial charge in [-0.15, -0.1) is 0 Å². The molecular formula is C31H43N7O6. The number of aliphatic hydroxyl groups excluding tert-OH is 1. The molecule has 238 valence electrons. The first-order chi connectivity index (χ1) is 20.8. The van der Waals surface area contributed by atoms with Crippen LogP contribution in [0.25, 0.3) is 5.65 Å². The van der Waals surface area contributed by atoms with Crippen LogP contribution in [0.4, 0.5) is 22.1 Å². The van der Waals surface area contributed by atoms with Crippen LogP contribution in [0.1, 0.15) is 82.6 Å². The number of anilines is 3. The van der Waals surface area contributed by atoms with Gasteiger partial charge >= 0.3 is 6.09 Å². The van der Waals surface area contributed by atoms with Crippen molar-refractivity contribution in [2.75, 3.05) is 30.9 Å². The Hall–Kier alpha value is -3.97. The number of fused-ring (bicyclic) bond motifs is 1. The SMILES string of the molecule is COC1(C)CCC(n2cccc(Nc3cc(N(C)C(=O)OC(C)(C)C)n4ncc(C(=O)NCC5CCC5O)c4n3)c2=O)CC1. The monoisotopic (exact) mass is 609 g/mol. The second-order valence-corrected chi connectivity index (χ2v) is 13.1. The predicted octanol–water partition coefficient (Wildman–Crippen LogP) is 4.03. The summed E-state index contributed by atoms with van der Waals surface area (Å²) in [6, 6.07) is 5.11. The van der Waals surface area contributed by atoms with Crippen LogP contribution in [-0.2, 0) is 9.47 Å². The van der Waals surface area contributed by atoms with Gasteiger partial charge in [0, 0.05) is 44.9 Å². The highest BCUT2D eigenvalue weighted by Crippen LogP contribution is 2.36. The molecule has 44 heavy (non-hydrogen) atoms. The summed E-state index contributed by atoms with van der Waals surface area (Å²) in [6.45, 7) is 7.73. The molecule has 0 spiro atoms. The Morgan fingerprint density at radius 1 is 1.20 bits per heavy atom. The zero-order valence-corrected chi connectivity index (χ0v) is 26.3. The molecule has 3 aromatic rings. The zero-order chi connectivity index (χ0) is 31.8. The van der Waals surface area contributed by atoms with Gasteiger partial charge in [0.2, 0.25) is 0 Å². The second-order valence-electron chi connectivity index (χ2n) is 13.1. The van der Waals surface area contributed by atoms with Crippen LogP contribution in [0, 0.1) is 5.92 Å². The lowest BCUT2D eigenvalue weighted by Crippen LogP contribution is -2.41. The van der Waals surface area contributed by atoms with E-state index in [1.165, 1.54) is 15.6 Å². The maximum atomic E-state index is 13.6. The topological polar surface area (TPSA) is 152 Å². The second kappa shape index (κ2) is 12.2. The van der Waals surface area contributed by atoms with Crippen LogP contribution in [-0.4, -0.2) is 74.3 Å². The molecule has 3 heterocycles. The van der Waals surface area contributed by atoms with Crippen molar-refractivity contribution in [3.8, 4) is 0 Å². The number of rotatable bonds is 8. The summed E-state index contributed by atoms with van der Waals surface area (Å²) >= 11 is 0. The Morgan fingerprint density at radius 3 is 2.55 bits per heavy atom. The molecule has 2 amide bonds. The molecule has 2 aliphatic carbocycles. The predicted molar refractivity (Wildman–Crippen MR) is 166 cm³/mol. The van der Waals surface area contributed by atoms with Crippen LogP contribution in [0.2, 0.25) is 0 Å². The van der Waals surface area contributed by atoms with Gasteiger partial charge in [-0.3, -0.25) is 14.5 Å². The van der Waals surface area contributed by atoms with Crippen LogP contribution >= 0.6 is 0 Å². The maximum absolute atomic E-state index is 13.6. The normalized spacial score (nSPS) is 23.6. The van der Waals surface area contributed by atoms with Gasteiger partial charge in [-0.05, 0) is 78.4 Å². The largest absolute Gasteiger partial charge is 0.443 e. The molecule has 2 fully saturated rings. The van der Waals surface area contributed by atoms with Crippen molar-refractivity contribution in [2.45, 2.75) is 89.6 Å². The highest BCUT2D eigenvalue weighted by Gasteiger charge is 2.33. The number of nitrogens with one attached hydrogen (secondary N) is 2. The molecular weight excluding hydrogens is 566 g/mol. The van der Waals surface area contributed by atoms with Crippen LogP contribution in [0.15, 0.2) is 35.4 Å². The smallest absolute Gasteiger partial charge is 0.415 e. The van der Waals surface area contributed by atoms with Gasteiger partial charge in [-0.25, -0.2) is 9.78 Å². The van der Waals surface area contributed by atoms with E-state index in [0.717, 1.165) is 38.5 Å². The van der Waals surface area contributed by atoms with Gasteiger partial charge in [0.25, 0.3) is 11.5 Å². The third kappa shape index (κ3) is 6.58. The number of carbonyl (C=O) groups is 2. The maximum Gasteiger partial charge on any atom is 0.415 e. The van der Waals surface area contributed by atoms with Crippen molar-refractivity contribution in [1.29, 1.82) is 0 Å². The Bertz CT molecular complexity index is 1580. The summed E-state index contributed by atoms with van der Waals surface area (Å²) in [5, 5.41) is 20.3. The third-order valence-corrected chi connectivity index (χ3v) is 8.75. The highest BCUT2D eigenvalue weighted by atomic mass is 16.6. The number of carbonyl (C=O) groups excluding carboxylic acids is 2. The Morgan fingerprint density at radius 2 is 1.93 bits per heavy atom. The van der Waals surface area contributed by atoms with Crippen LogP contribution in [0.3, 0.4) is 0 Å². The fourth-order valence-electron chi connectivity index (χ4n) is 5.67. The minimum Gasteiger partial charge on any atom is -0.443 e. The lowest BCUT2D eigenvalue weighted by Gasteiger charge is -2.36. The van der Waals surface area contributed by atoms with E-state index >= 15 is 0 Å². The molecule has 3 N–H and O–H groups in total. The minimum absolute atomic E-state index is 0.00694. The van der Waals surface area contributed by atoms with E-state index in [2.05, 4.69) is 27.6 Å². The molecule has 0 aromatic carbocycles. The number of pyridine rings is 1. The Kier molecular flexibility index (Phi) is 8.72. The lowest BCUT2D eigenvalue weighted by molar-refractivity contribution is -0.0324. The summed E-state index contributed by atoms with van der Waals surface area (Å²) in [6.07, 6.45) is 7.03. The number of hydrogen-bond acceptors (Lipinski definition) is 9. The van der Waals surface area contributed by atoms with Crippen molar-refractivity contribution in [1.82, 2.24) is 24.5 Å². The molecule has 0 bridgehead atoms. The number of hydrogen-bond donors (Lipinski definition) is 3. The fraction of sp³-hybridized carbons (Fsp3) is 0.581. The molecule has 5 rings (SSSR count). The number of methoxy groups -OCH3 is 1. The highest BCUT2D eigenvalue weighted by molar-refractivity contribution is 6.00. The summed E-state index contributed by atoms with van der Waals surface area (Å²) < 4.78 is 14.4. The molecule has 13 heteroatoms. The van der Waals surface area contributed by atoms with E-state index in [1.807, 2.05) is 6.07 Å². The van der Waals surface area contributed by atoms with E-state index in [4.69, 9.17) is 9.47 Å². The van der Waals surface area contributed by atoms with Gasteiger partial charge in [-0.1, -0.05) is 0 Å². The molecule has 0 saturated heterocycles. The zero-order valence-electron chi connectivity index (χ0n) is 26.3. The van der Waals surface area contributed by atoms with Gasteiger partial charge < -0.3 is 29.8 Å². The Labute approximate surface area is 256 Å². The standard InChI is InChI=1S/C31H43N7O6/c1-30(2,3)44-29(42)36(5)25-16-24(35-26-21(18-33-38(25)26)27(40)32-17-19-9-10-23(19)39)34-22-8-7-15-37(28(22)41)20-11-13-31(4,43-6)14-12-20/h7-8,15-16,18-20,23,39H,9-14,17H2,1-6H3,(H,32,40)(H,34,35). The molecule has 0 radical (unpaired) electrons. The fourth-order valence-corrected chi connectivity index (χ4v) is 5.67. The summed E-state index contributed by atoms with van der Waals surface area (Å²) in [7, 11) is 3.27. The molecule has 2 atom stereocenters. The molecule has 2 aliphatic rings. The van der Waals surface area contributed by atoms with Crippen molar-refractivity contribution in [2.24, 2.45) is 5.92 Å². The summed E-state index contributed by atoms with van der Waals surface area (Å²) in [4.78, 5) is 45.8. The summed E-state index contributed by atoms with van der Waals surface area (Å²) in [5.41, 5.74) is -0.440. The molecule has 2 saturated carbocycles. The molecule has 0 aliphatic heterocycles. The van der Waals surface area contributed by atoms with Crippen molar-refractivity contribution < 1.29 is 24.2 Å². The first-order valence-electron chi connectivity index (χ1n) is 15.1. The number of aliphatic hydroxyl groups is 1. The summed E-state index contributed by atoms with van der Waals surface area (Å²) in [5.74, 6) is 0.129. The number of ether oxygens (including phenoxy) is 2. The quantitative estimate of drug-likeness (QED) is 0.344. The van der Waals surface area contributed by atoms with E-state index in [0.29, 0.717) is 12.2 Å². The van der Waals surface area contributed by atoms with Crippen molar-refractivity contribution >= 4 is 35.0 Å². The first kappa shape index (κ1) is 31.5. The molecule has 2 unspecified atom stereocenters. The average molecular weight is 610 g/mol. The minimum atomic E-state index is -0.741. The van der Waals surface area contributed by atoms with Gasteiger partial charge in [0.1, 0.15) is 28.5 Å². The van der Waals surface area contributed by atoms with E-state index in [9.17, 15) is 19.5 Å². The van der Waals surface area contributed by atoms with Crippen molar-refractivity contribution in [3.05, 3.63) is 46.5 Å². The lowest BCUT2D eigenvalue weighted by atomic mass is 9.82. The van der Waals surface area contributed by atoms with Crippen molar-refractivity contribution in [3.63, 3.8) is 0 Å². The number of nitrogens with zero attached hydrogens (tertiary/aromatic N) is 5. The van der Waals surface area contributed by atoms with E-state index < -0.39 is 23.7 Å². The molecule has 13 nitrogen and oxygen atoms in total. The number of aromatic nitrogens is 4. The van der Waals surface area contributed by atoms with Gasteiger partial charge in [-0.2, -0.15) is 9.61 Å². The molecule has 3 aromatic heterocycles. The van der Waals surface area contributed by atoms with Crippen LogP contribution in [0.5, 0.6) is 0 Å². The van der Waals surface area contributed by atoms with E-state index in [-0.39, 0.29) is 46.0 Å². The number of amides is 2. The van der Waals surface area contributed by atoms with Crippen LogP contribution < -0.4 is 21.1 Å². The third-order valence-electron chi connectivity index (χ3n) is 8.75. The Balaban J connectivity index is 1.48.